The molecule has 0 spiro atoms. The molecule has 1 fully saturated rings. The van der Waals surface area contributed by atoms with Gasteiger partial charge in [0.05, 0.1) is 11.7 Å². The topological polar surface area (TPSA) is 67.2 Å². The SMILES string of the molecule is CN(C)c1ncc(-c2ccc(F)cc2)c([C@H]2CCCCN2C(=O)c2ccnn2C)n1. The molecule has 1 aliphatic heterocycles. The first-order valence-corrected chi connectivity index (χ1v) is 10.0. The molecule has 1 amide bonds. The minimum atomic E-state index is -0.295. The zero-order valence-corrected chi connectivity index (χ0v) is 17.4. The molecule has 156 valence electrons. The van der Waals surface area contributed by atoms with Crippen molar-refractivity contribution in [1.29, 1.82) is 0 Å². The first-order valence-electron chi connectivity index (χ1n) is 10.0. The fourth-order valence-corrected chi connectivity index (χ4v) is 3.90. The summed E-state index contributed by atoms with van der Waals surface area (Å²) in [6.07, 6.45) is 6.15. The lowest BCUT2D eigenvalue weighted by Crippen LogP contribution is -2.40. The van der Waals surface area contributed by atoms with Crippen LogP contribution in [0.5, 0.6) is 0 Å². The molecule has 2 aromatic heterocycles. The zero-order chi connectivity index (χ0) is 21.3. The smallest absolute Gasteiger partial charge is 0.272 e. The minimum absolute atomic E-state index is 0.0604. The Morgan fingerprint density at radius 3 is 2.60 bits per heavy atom. The first kappa shape index (κ1) is 20.0. The molecule has 0 saturated carbocycles. The van der Waals surface area contributed by atoms with Crippen molar-refractivity contribution in [2.45, 2.75) is 25.3 Å². The largest absolute Gasteiger partial charge is 0.347 e. The molecule has 3 heterocycles. The zero-order valence-electron chi connectivity index (χ0n) is 17.4. The van der Waals surface area contributed by atoms with Crippen LogP contribution in [-0.4, -0.2) is 51.2 Å². The molecule has 3 aromatic rings. The summed E-state index contributed by atoms with van der Waals surface area (Å²) in [4.78, 5) is 26.4. The van der Waals surface area contributed by atoms with Gasteiger partial charge in [-0.1, -0.05) is 12.1 Å². The molecule has 0 aliphatic carbocycles. The Morgan fingerprint density at radius 2 is 1.93 bits per heavy atom. The Bertz CT molecular complexity index is 1050. The summed E-state index contributed by atoms with van der Waals surface area (Å²) in [5.41, 5.74) is 2.98. The predicted molar refractivity (Wildman–Crippen MR) is 113 cm³/mol. The number of nitrogens with zero attached hydrogens (tertiary/aromatic N) is 6. The number of anilines is 1. The lowest BCUT2D eigenvalue weighted by atomic mass is 9.93. The highest BCUT2D eigenvalue weighted by molar-refractivity contribution is 5.93. The standard InChI is InChI=1S/C22H25FN6O/c1-27(2)22-24-14-17(15-7-9-16(23)10-8-15)20(26-22)18-6-4-5-13-29(18)21(30)19-11-12-25-28(19)3/h7-12,14,18H,4-6,13H2,1-3H3/t18-/m1/s1. The number of amides is 1. The number of likely N-dealkylation sites (tertiary alicyclic amines) is 1. The third kappa shape index (κ3) is 3.77. The molecule has 4 rings (SSSR count). The van der Waals surface area contributed by atoms with Gasteiger partial charge < -0.3 is 9.80 Å². The van der Waals surface area contributed by atoms with Crippen LogP contribution in [0.25, 0.3) is 11.1 Å². The Morgan fingerprint density at radius 1 is 1.17 bits per heavy atom. The van der Waals surface area contributed by atoms with E-state index >= 15 is 0 Å². The Kier molecular flexibility index (Phi) is 5.48. The van der Waals surface area contributed by atoms with E-state index in [1.807, 2.05) is 23.9 Å². The number of carbonyl (C=O) groups is 1. The van der Waals surface area contributed by atoms with Gasteiger partial charge in [-0.15, -0.1) is 0 Å². The summed E-state index contributed by atoms with van der Waals surface area (Å²) >= 11 is 0. The predicted octanol–water partition coefficient (Wildman–Crippen LogP) is 3.45. The van der Waals surface area contributed by atoms with Gasteiger partial charge in [-0.3, -0.25) is 9.48 Å². The number of aromatic nitrogens is 4. The molecule has 0 bridgehead atoms. The molecular weight excluding hydrogens is 383 g/mol. The van der Waals surface area contributed by atoms with E-state index in [2.05, 4.69) is 10.1 Å². The van der Waals surface area contributed by atoms with Crippen LogP contribution in [0.4, 0.5) is 10.3 Å². The van der Waals surface area contributed by atoms with Crippen molar-refractivity contribution in [2.24, 2.45) is 7.05 Å². The fraction of sp³-hybridized carbons (Fsp3) is 0.364. The number of aryl methyl sites for hydroxylation is 1. The Balaban J connectivity index is 1.81. The lowest BCUT2D eigenvalue weighted by Gasteiger charge is -2.36. The second-order valence-corrected chi connectivity index (χ2v) is 7.72. The van der Waals surface area contributed by atoms with Crippen LogP contribution in [0.2, 0.25) is 0 Å². The van der Waals surface area contributed by atoms with Crippen molar-refractivity contribution >= 4 is 11.9 Å². The molecule has 1 aliphatic rings. The highest BCUT2D eigenvalue weighted by Crippen LogP contribution is 2.37. The third-order valence-electron chi connectivity index (χ3n) is 5.48. The van der Waals surface area contributed by atoms with Crippen LogP contribution in [0, 0.1) is 5.82 Å². The number of hydrogen-bond acceptors (Lipinski definition) is 5. The molecule has 0 unspecified atom stereocenters. The van der Waals surface area contributed by atoms with Crippen molar-refractivity contribution in [3.63, 3.8) is 0 Å². The van der Waals surface area contributed by atoms with Gasteiger partial charge in [-0.05, 0) is 43.0 Å². The van der Waals surface area contributed by atoms with Gasteiger partial charge in [0.1, 0.15) is 11.5 Å². The van der Waals surface area contributed by atoms with Crippen molar-refractivity contribution < 1.29 is 9.18 Å². The molecule has 0 N–H and O–H groups in total. The summed E-state index contributed by atoms with van der Waals surface area (Å²) in [6.45, 7) is 0.652. The number of carbonyl (C=O) groups excluding carboxylic acids is 1. The van der Waals surface area contributed by atoms with Gasteiger partial charge in [0, 0.05) is 45.6 Å². The van der Waals surface area contributed by atoms with Crippen LogP contribution in [0.1, 0.15) is 41.5 Å². The van der Waals surface area contributed by atoms with Gasteiger partial charge in [-0.2, -0.15) is 5.10 Å². The average molecular weight is 408 g/mol. The maximum Gasteiger partial charge on any atom is 0.272 e. The van der Waals surface area contributed by atoms with Crippen LogP contribution >= 0.6 is 0 Å². The number of rotatable bonds is 4. The highest BCUT2D eigenvalue weighted by Gasteiger charge is 2.33. The van der Waals surface area contributed by atoms with Crippen molar-refractivity contribution in [3.05, 3.63) is 59.9 Å². The van der Waals surface area contributed by atoms with E-state index in [1.54, 1.807) is 42.3 Å². The highest BCUT2D eigenvalue weighted by atomic mass is 19.1. The first-order chi connectivity index (χ1) is 14.5. The van der Waals surface area contributed by atoms with Crippen molar-refractivity contribution in [2.75, 3.05) is 25.5 Å². The maximum atomic E-state index is 13.5. The minimum Gasteiger partial charge on any atom is -0.347 e. The van der Waals surface area contributed by atoms with Gasteiger partial charge in [0.2, 0.25) is 5.95 Å². The quantitative estimate of drug-likeness (QED) is 0.662. The van der Waals surface area contributed by atoms with E-state index in [1.165, 1.54) is 12.1 Å². The Hall–Kier alpha value is -3.29. The molecule has 1 saturated heterocycles. The number of benzene rings is 1. The monoisotopic (exact) mass is 408 g/mol. The van der Waals surface area contributed by atoms with E-state index < -0.39 is 0 Å². The number of hydrogen-bond donors (Lipinski definition) is 0. The van der Waals surface area contributed by atoms with E-state index in [-0.39, 0.29) is 17.8 Å². The molecule has 7 nitrogen and oxygen atoms in total. The molecule has 8 heteroatoms. The molecule has 0 radical (unpaired) electrons. The second kappa shape index (κ2) is 8.22. The molecule has 1 aromatic carbocycles. The van der Waals surface area contributed by atoms with E-state index in [4.69, 9.17) is 4.98 Å². The van der Waals surface area contributed by atoms with Crippen molar-refractivity contribution in [1.82, 2.24) is 24.6 Å². The van der Waals surface area contributed by atoms with E-state index in [9.17, 15) is 9.18 Å². The Labute approximate surface area is 175 Å². The van der Waals surface area contributed by atoms with Crippen LogP contribution in [0.15, 0.2) is 42.7 Å². The normalized spacial score (nSPS) is 16.5. The maximum absolute atomic E-state index is 13.5. The van der Waals surface area contributed by atoms with Crippen molar-refractivity contribution in [3.8, 4) is 11.1 Å². The van der Waals surface area contributed by atoms with Crippen LogP contribution in [-0.2, 0) is 7.05 Å². The third-order valence-corrected chi connectivity index (χ3v) is 5.48. The van der Waals surface area contributed by atoms with Gasteiger partial charge in [0.15, 0.2) is 0 Å². The van der Waals surface area contributed by atoms with E-state index in [0.717, 1.165) is 36.1 Å². The lowest BCUT2D eigenvalue weighted by molar-refractivity contribution is 0.0595. The average Bonchev–Trinajstić information content (AvgIpc) is 3.19. The summed E-state index contributed by atoms with van der Waals surface area (Å²) < 4.78 is 15.1. The summed E-state index contributed by atoms with van der Waals surface area (Å²) in [6, 6.07) is 7.85. The number of piperidine rings is 1. The number of halogens is 1. The second-order valence-electron chi connectivity index (χ2n) is 7.72. The van der Waals surface area contributed by atoms with Crippen LogP contribution < -0.4 is 4.90 Å². The van der Waals surface area contributed by atoms with Gasteiger partial charge in [0.25, 0.3) is 5.91 Å². The molecule has 1 atom stereocenters. The van der Waals surface area contributed by atoms with Gasteiger partial charge in [-0.25, -0.2) is 14.4 Å². The summed E-state index contributed by atoms with van der Waals surface area (Å²) in [5.74, 6) is 0.223. The summed E-state index contributed by atoms with van der Waals surface area (Å²) in [5, 5.41) is 4.14. The van der Waals surface area contributed by atoms with Crippen LogP contribution in [0.3, 0.4) is 0 Å². The molecule has 30 heavy (non-hydrogen) atoms. The fourth-order valence-electron chi connectivity index (χ4n) is 3.90. The molecular formula is C22H25FN6O. The van der Waals surface area contributed by atoms with Gasteiger partial charge >= 0.3 is 0 Å². The summed E-state index contributed by atoms with van der Waals surface area (Å²) in [7, 11) is 5.54. The van der Waals surface area contributed by atoms with E-state index in [0.29, 0.717) is 18.2 Å².